The second-order valence-electron chi connectivity index (χ2n) is 3.72. The van der Waals surface area contributed by atoms with Crippen LogP contribution in [0.15, 0.2) is 6.20 Å². The van der Waals surface area contributed by atoms with Crippen LogP contribution in [0.5, 0.6) is 0 Å². The summed E-state index contributed by atoms with van der Waals surface area (Å²) in [6.45, 7) is 6.72. The zero-order valence-electron chi connectivity index (χ0n) is 9.16. The molecule has 0 saturated carbocycles. The van der Waals surface area contributed by atoms with Crippen molar-refractivity contribution in [2.75, 3.05) is 6.26 Å². The Balaban J connectivity index is 3.08. The molecule has 0 bridgehead atoms. The summed E-state index contributed by atoms with van der Waals surface area (Å²) in [4.78, 5) is 8.82. The number of aromatic nitrogens is 2. The lowest BCUT2D eigenvalue weighted by Gasteiger charge is -2.20. The molecule has 4 heteroatoms. The summed E-state index contributed by atoms with van der Waals surface area (Å²) >= 11 is 1.75. The minimum Gasteiger partial charge on any atom is -0.326 e. The van der Waals surface area contributed by atoms with Crippen molar-refractivity contribution in [3.8, 4) is 0 Å². The highest BCUT2D eigenvalue weighted by Gasteiger charge is 2.22. The fourth-order valence-electron chi connectivity index (χ4n) is 1.07. The Morgan fingerprint density at radius 2 is 2.14 bits per heavy atom. The summed E-state index contributed by atoms with van der Waals surface area (Å²) in [5, 5.41) is 0. The van der Waals surface area contributed by atoms with Gasteiger partial charge in [-0.2, -0.15) is 11.8 Å². The van der Waals surface area contributed by atoms with Gasteiger partial charge in [-0.05, 0) is 27.0 Å². The molecule has 0 saturated heterocycles. The molecule has 2 N–H and O–H groups in total. The average molecular weight is 211 g/mol. The molecule has 3 nitrogen and oxygen atoms in total. The van der Waals surface area contributed by atoms with Crippen LogP contribution in [-0.4, -0.2) is 16.2 Å². The molecule has 0 amide bonds. The van der Waals surface area contributed by atoms with E-state index in [1.165, 1.54) is 0 Å². The van der Waals surface area contributed by atoms with Crippen LogP contribution in [0.3, 0.4) is 0 Å². The van der Waals surface area contributed by atoms with E-state index in [-0.39, 0.29) is 4.75 Å². The predicted octanol–water partition coefficient (Wildman–Crippen LogP) is 1.84. The largest absolute Gasteiger partial charge is 0.326 e. The van der Waals surface area contributed by atoms with Crippen LogP contribution in [0.2, 0.25) is 0 Å². The highest BCUT2D eigenvalue weighted by molar-refractivity contribution is 7.99. The number of aryl methyl sites for hydroxylation is 1. The van der Waals surface area contributed by atoms with Gasteiger partial charge in [-0.25, -0.2) is 9.97 Å². The van der Waals surface area contributed by atoms with E-state index in [0.29, 0.717) is 6.54 Å². The molecule has 0 spiro atoms. The van der Waals surface area contributed by atoms with Gasteiger partial charge in [-0.15, -0.1) is 0 Å². The van der Waals surface area contributed by atoms with E-state index < -0.39 is 0 Å². The third kappa shape index (κ3) is 2.25. The second-order valence-corrected chi connectivity index (χ2v) is 5.15. The van der Waals surface area contributed by atoms with Gasteiger partial charge in [0.1, 0.15) is 5.82 Å². The number of thioether (sulfide) groups is 1. The summed E-state index contributed by atoms with van der Waals surface area (Å²) in [6, 6.07) is 0. The minimum atomic E-state index is -0.0299. The highest BCUT2D eigenvalue weighted by Crippen LogP contribution is 2.30. The monoisotopic (exact) mass is 211 g/mol. The van der Waals surface area contributed by atoms with Crippen molar-refractivity contribution >= 4 is 11.8 Å². The molecule has 1 aromatic rings. The first kappa shape index (κ1) is 11.5. The fraction of sp³-hybridized carbons (Fsp3) is 0.600. The van der Waals surface area contributed by atoms with Gasteiger partial charge in [0.2, 0.25) is 0 Å². The number of hydrogen-bond acceptors (Lipinski definition) is 4. The van der Waals surface area contributed by atoms with E-state index in [1.807, 2.05) is 13.1 Å². The number of nitrogens with zero attached hydrogens (tertiary/aromatic N) is 2. The summed E-state index contributed by atoms with van der Waals surface area (Å²) < 4.78 is -0.0299. The Hall–Kier alpha value is -0.610. The number of hydrogen-bond donors (Lipinski definition) is 1. The summed E-state index contributed by atoms with van der Waals surface area (Å²) in [7, 11) is 0. The third-order valence-electron chi connectivity index (χ3n) is 2.35. The normalized spacial score (nSPS) is 11.8. The third-order valence-corrected chi connectivity index (χ3v) is 3.55. The van der Waals surface area contributed by atoms with E-state index in [9.17, 15) is 0 Å². The van der Waals surface area contributed by atoms with Crippen LogP contribution < -0.4 is 5.73 Å². The topological polar surface area (TPSA) is 51.8 Å². The zero-order chi connectivity index (χ0) is 10.8. The lowest BCUT2D eigenvalue weighted by Crippen LogP contribution is -2.17. The first-order chi connectivity index (χ1) is 6.51. The standard InChI is InChI=1S/C10H17N3S/c1-7-8(5-11)6-12-9(13-7)10(2,3)14-4/h6H,5,11H2,1-4H3. The van der Waals surface area contributed by atoms with Crippen LogP contribution in [0.4, 0.5) is 0 Å². The van der Waals surface area contributed by atoms with Gasteiger partial charge >= 0.3 is 0 Å². The second kappa shape index (κ2) is 4.28. The molecular weight excluding hydrogens is 194 g/mol. The van der Waals surface area contributed by atoms with Gasteiger partial charge in [0, 0.05) is 24.0 Å². The molecular formula is C10H17N3S. The van der Waals surface area contributed by atoms with Crippen molar-refractivity contribution in [1.29, 1.82) is 0 Å². The SMILES string of the molecule is CSC(C)(C)c1ncc(CN)c(C)n1. The molecule has 0 atom stereocenters. The molecule has 1 aromatic heterocycles. The molecule has 1 heterocycles. The Morgan fingerprint density at radius 1 is 1.50 bits per heavy atom. The van der Waals surface area contributed by atoms with Gasteiger partial charge in [0.25, 0.3) is 0 Å². The van der Waals surface area contributed by atoms with Crippen molar-refractivity contribution in [3.05, 3.63) is 23.3 Å². The predicted molar refractivity (Wildman–Crippen MR) is 61.2 cm³/mol. The first-order valence-corrected chi connectivity index (χ1v) is 5.82. The molecule has 0 aromatic carbocycles. The first-order valence-electron chi connectivity index (χ1n) is 4.59. The molecule has 0 aliphatic carbocycles. The van der Waals surface area contributed by atoms with Gasteiger partial charge in [0.15, 0.2) is 0 Å². The molecule has 0 aliphatic heterocycles. The van der Waals surface area contributed by atoms with E-state index >= 15 is 0 Å². The van der Waals surface area contributed by atoms with E-state index in [1.54, 1.807) is 11.8 Å². The van der Waals surface area contributed by atoms with Gasteiger partial charge < -0.3 is 5.73 Å². The van der Waals surface area contributed by atoms with Crippen molar-refractivity contribution < 1.29 is 0 Å². The molecule has 0 radical (unpaired) electrons. The Labute approximate surface area is 89.5 Å². The highest BCUT2D eigenvalue weighted by atomic mass is 32.2. The number of rotatable bonds is 3. The van der Waals surface area contributed by atoms with Gasteiger partial charge in [-0.1, -0.05) is 0 Å². The Kier molecular flexibility index (Phi) is 3.50. The van der Waals surface area contributed by atoms with Crippen LogP contribution in [0.1, 0.15) is 30.9 Å². The molecule has 1 rings (SSSR count). The lowest BCUT2D eigenvalue weighted by atomic mass is 10.1. The average Bonchev–Trinajstić information content (AvgIpc) is 2.17. The smallest absolute Gasteiger partial charge is 0.143 e. The molecule has 14 heavy (non-hydrogen) atoms. The van der Waals surface area contributed by atoms with Crippen LogP contribution in [0, 0.1) is 6.92 Å². The van der Waals surface area contributed by atoms with E-state index in [2.05, 4.69) is 30.1 Å². The van der Waals surface area contributed by atoms with Gasteiger partial charge in [0.05, 0.1) is 4.75 Å². The van der Waals surface area contributed by atoms with E-state index in [4.69, 9.17) is 5.73 Å². The maximum atomic E-state index is 5.56. The molecule has 0 aliphatic rings. The van der Waals surface area contributed by atoms with E-state index in [0.717, 1.165) is 17.1 Å². The van der Waals surface area contributed by atoms with Crippen molar-refractivity contribution in [2.45, 2.75) is 32.1 Å². The molecule has 78 valence electrons. The fourth-order valence-corrected chi connectivity index (χ4v) is 1.35. The maximum absolute atomic E-state index is 5.56. The molecule has 0 unspecified atom stereocenters. The van der Waals surface area contributed by atoms with Crippen molar-refractivity contribution in [2.24, 2.45) is 5.73 Å². The van der Waals surface area contributed by atoms with Crippen molar-refractivity contribution in [3.63, 3.8) is 0 Å². The summed E-state index contributed by atoms with van der Waals surface area (Å²) in [5.74, 6) is 0.875. The Bertz CT molecular complexity index is 323. The zero-order valence-corrected chi connectivity index (χ0v) is 9.98. The Morgan fingerprint density at radius 3 is 2.57 bits per heavy atom. The van der Waals surface area contributed by atoms with Gasteiger partial charge in [-0.3, -0.25) is 0 Å². The van der Waals surface area contributed by atoms with Crippen LogP contribution in [-0.2, 0) is 11.3 Å². The van der Waals surface area contributed by atoms with Crippen LogP contribution in [0.25, 0.3) is 0 Å². The minimum absolute atomic E-state index is 0.0299. The quantitative estimate of drug-likeness (QED) is 0.829. The summed E-state index contributed by atoms with van der Waals surface area (Å²) in [6.07, 6.45) is 3.89. The maximum Gasteiger partial charge on any atom is 0.143 e. The number of nitrogens with two attached hydrogens (primary N) is 1. The van der Waals surface area contributed by atoms with Crippen molar-refractivity contribution in [1.82, 2.24) is 9.97 Å². The molecule has 0 fully saturated rings. The lowest BCUT2D eigenvalue weighted by molar-refractivity contribution is 0.698. The summed E-state index contributed by atoms with van der Waals surface area (Å²) in [5.41, 5.74) is 7.56. The van der Waals surface area contributed by atoms with Crippen LogP contribution >= 0.6 is 11.8 Å².